The molecule has 1 amide bonds. The van der Waals surface area contributed by atoms with Crippen molar-refractivity contribution >= 4 is 15.9 Å². The lowest BCUT2D eigenvalue weighted by atomic mass is 9.77. The van der Waals surface area contributed by atoms with E-state index in [1.54, 1.807) is 0 Å². The maximum atomic E-state index is 12.1. The molecule has 1 heterocycles. The number of nitrogens with zero attached hydrogens (tertiary/aromatic N) is 1. The van der Waals surface area contributed by atoms with Gasteiger partial charge in [0.25, 0.3) is 0 Å². The molecule has 1 aliphatic carbocycles. The van der Waals surface area contributed by atoms with E-state index in [1.165, 1.54) is 10.6 Å². The molecule has 0 bridgehead atoms. The third-order valence-corrected chi connectivity index (χ3v) is 5.60. The van der Waals surface area contributed by atoms with E-state index in [1.807, 2.05) is 0 Å². The average Bonchev–Trinajstić information content (AvgIpc) is 2.32. The van der Waals surface area contributed by atoms with Crippen molar-refractivity contribution < 1.29 is 18.3 Å². The predicted molar refractivity (Wildman–Crippen MR) is 71.0 cm³/mol. The highest BCUT2D eigenvalue weighted by atomic mass is 32.2. The number of hydrogen-bond donors (Lipinski definition) is 2. The number of piperidine rings is 1. The Kier molecular flexibility index (Phi) is 4.17. The van der Waals surface area contributed by atoms with Gasteiger partial charge in [-0.25, -0.2) is 12.7 Å². The lowest BCUT2D eigenvalue weighted by Gasteiger charge is -2.42. The van der Waals surface area contributed by atoms with Crippen molar-refractivity contribution in [2.75, 3.05) is 26.0 Å². The minimum absolute atomic E-state index is 0.0130. The molecular weight excluding hydrogens is 268 g/mol. The van der Waals surface area contributed by atoms with Gasteiger partial charge in [-0.05, 0) is 32.1 Å². The van der Waals surface area contributed by atoms with E-state index < -0.39 is 15.6 Å². The van der Waals surface area contributed by atoms with Crippen LogP contribution in [0.25, 0.3) is 0 Å². The standard InChI is InChI=1S/C12H22N2O4S/c1-19(17,18)14-7-3-10(4-8-14)11(16)13-12(9-15)5-2-6-12/h10,15H,2-9H2,1H3,(H,13,16). The van der Waals surface area contributed by atoms with Crippen LogP contribution in [0.3, 0.4) is 0 Å². The molecule has 0 aromatic carbocycles. The van der Waals surface area contributed by atoms with E-state index in [2.05, 4.69) is 5.32 Å². The average molecular weight is 290 g/mol. The SMILES string of the molecule is CS(=O)(=O)N1CCC(C(=O)NC2(CO)CCC2)CC1. The maximum Gasteiger partial charge on any atom is 0.223 e. The first-order valence-electron chi connectivity index (χ1n) is 6.74. The van der Waals surface area contributed by atoms with Crippen molar-refractivity contribution in [3.05, 3.63) is 0 Å². The molecule has 19 heavy (non-hydrogen) atoms. The Balaban J connectivity index is 1.86. The van der Waals surface area contributed by atoms with Gasteiger partial charge in [-0.2, -0.15) is 0 Å². The Morgan fingerprint density at radius 1 is 1.37 bits per heavy atom. The Hall–Kier alpha value is -0.660. The third kappa shape index (κ3) is 3.27. The summed E-state index contributed by atoms with van der Waals surface area (Å²) in [6.45, 7) is 0.799. The topological polar surface area (TPSA) is 86.7 Å². The summed E-state index contributed by atoms with van der Waals surface area (Å²) in [5, 5.41) is 12.3. The second kappa shape index (κ2) is 5.38. The zero-order chi connectivity index (χ0) is 14.1. The molecule has 2 fully saturated rings. The molecule has 0 unspecified atom stereocenters. The number of nitrogens with one attached hydrogen (secondary N) is 1. The van der Waals surface area contributed by atoms with E-state index in [0.29, 0.717) is 25.9 Å². The van der Waals surface area contributed by atoms with Crippen molar-refractivity contribution in [2.24, 2.45) is 5.92 Å². The van der Waals surface area contributed by atoms with E-state index in [0.717, 1.165) is 19.3 Å². The van der Waals surface area contributed by atoms with Crippen LogP contribution in [0.4, 0.5) is 0 Å². The summed E-state index contributed by atoms with van der Waals surface area (Å²) in [6.07, 6.45) is 5.01. The highest BCUT2D eigenvalue weighted by Crippen LogP contribution is 2.32. The summed E-state index contributed by atoms with van der Waals surface area (Å²) in [7, 11) is -3.15. The monoisotopic (exact) mass is 290 g/mol. The summed E-state index contributed by atoms with van der Waals surface area (Å²) in [6, 6.07) is 0. The summed E-state index contributed by atoms with van der Waals surface area (Å²) in [5.41, 5.74) is -0.412. The number of carbonyl (C=O) groups excluding carboxylic acids is 1. The number of sulfonamides is 1. The quantitative estimate of drug-likeness (QED) is 0.743. The van der Waals surface area contributed by atoms with Crippen LogP contribution in [-0.2, 0) is 14.8 Å². The number of aliphatic hydroxyl groups is 1. The van der Waals surface area contributed by atoms with Gasteiger partial charge >= 0.3 is 0 Å². The Morgan fingerprint density at radius 3 is 2.32 bits per heavy atom. The smallest absolute Gasteiger partial charge is 0.223 e. The van der Waals surface area contributed by atoms with Gasteiger partial charge in [-0.3, -0.25) is 4.79 Å². The minimum atomic E-state index is -3.15. The molecule has 0 spiro atoms. The summed E-state index contributed by atoms with van der Waals surface area (Å²) >= 11 is 0. The molecule has 1 saturated carbocycles. The lowest BCUT2D eigenvalue weighted by Crippen LogP contribution is -2.58. The van der Waals surface area contributed by atoms with E-state index >= 15 is 0 Å². The van der Waals surface area contributed by atoms with Crippen molar-refractivity contribution in [3.8, 4) is 0 Å². The van der Waals surface area contributed by atoms with Gasteiger partial charge in [0, 0.05) is 19.0 Å². The highest BCUT2D eigenvalue weighted by molar-refractivity contribution is 7.88. The largest absolute Gasteiger partial charge is 0.394 e. The normalized spacial score (nSPS) is 24.7. The van der Waals surface area contributed by atoms with Crippen LogP contribution in [0.5, 0.6) is 0 Å². The van der Waals surface area contributed by atoms with Crippen LogP contribution in [0, 0.1) is 5.92 Å². The number of rotatable bonds is 4. The van der Waals surface area contributed by atoms with Crippen LogP contribution < -0.4 is 5.32 Å². The van der Waals surface area contributed by atoms with Crippen molar-refractivity contribution in [1.29, 1.82) is 0 Å². The van der Waals surface area contributed by atoms with Crippen LogP contribution in [0.2, 0.25) is 0 Å². The van der Waals surface area contributed by atoms with E-state index in [9.17, 15) is 18.3 Å². The fourth-order valence-electron chi connectivity index (χ4n) is 2.74. The van der Waals surface area contributed by atoms with E-state index in [4.69, 9.17) is 0 Å². The van der Waals surface area contributed by atoms with Gasteiger partial charge in [-0.15, -0.1) is 0 Å². The van der Waals surface area contributed by atoms with E-state index in [-0.39, 0.29) is 18.4 Å². The van der Waals surface area contributed by atoms with Gasteiger partial charge in [0.2, 0.25) is 15.9 Å². The number of aliphatic hydroxyl groups excluding tert-OH is 1. The molecule has 2 N–H and O–H groups in total. The van der Waals surface area contributed by atoms with Crippen LogP contribution in [0.1, 0.15) is 32.1 Å². The van der Waals surface area contributed by atoms with Crippen LogP contribution >= 0.6 is 0 Å². The molecule has 0 atom stereocenters. The molecule has 2 rings (SSSR count). The minimum Gasteiger partial charge on any atom is -0.394 e. The summed E-state index contributed by atoms with van der Waals surface area (Å²) < 4.78 is 24.2. The zero-order valence-electron chi connectivity index (χ0n) is 11.3. The highest BCUT2D eigenvalue weighted by Gasteiger charge is 2.39. The molecule has 1 aliphatic heterocycles. The second-order valence-corrected chi connectivity index (χ2v) is 7.70. The predicted octanol–water partition coefficient (Wildman–Crippen LogP) is -0.311. The Bertz CT molecular complexity index is 431. The molecule has 7 heteroatoms. The first-order valence-corrected chi connectivity index (χ1v) is 8.59. The molecule has 110 valence electrons. The molecule has 0 radical (unpaired) electrons. The zero-order valence-corrected chi connectivity index (χ0v) is 12.1. The molecule has 6 nitrogen and oxygen atoms in total. The fraction of sp³-hybridized carbons (Fsp3) is 0.917. The first-order chi connectivity index (χ1) is 8.86. The number of hydrogen-bond acceptors (Lipinski definition) is 4. The third-order valence-electron chi connectivity index (χ3n) is 4.30. The van der Waals surface area contributed by atoms with Gasteiger partial charge in [0.15, 0.2) is 0 Å². The van der Waals surface area contributed by atoms with Crippen LogP contribution in [0.15, 0.2) is 0 Å². The Labute approximate surface area is 114 Å². The molecular formula is C12H22N2O4S. The Morgan fingerprint density at radius 2 is 1.95 bits per heavy atom. The summed E-state index contributed by atoms with van der Waals surface area (Å²) in [4.78, 5) is 12.1. The van der Waals surface area contributed by atoms with Crippen LogP contribution in [-0.4, -0.2) is 55.2 Å². The maximum absolute atomic E-state index is 12.1. The number of carbonyl (C=O) groups is 1. The molecule has 1 saturated heterocycles. The van der Waals surface area contributed by atoms with Crippen molar-refractivity contribution in [1.82, 2.24) is 9.62 Å². The molecule has 0 aromatic heterocycles. The molecule has 2 aliphatic rings. The fourth-order valence-corrected chi connectivity index (χ4v) is 3.61. The summed E-state index contributed by atoms with van der Waals surface area (Å²) in [5.74, 6) is -0.177. The first kappa shape index (κ1) is 14.7. The number of amides is 1. The lowest BCUT2D eigenvalue weighted by molar-refractivity contribution is -0.130. The van der Waals surface area contributed by atoms with Gasteiger partial charge in [0.1, 0.15) is 0 Å². The van der Waals surface area contributed by atoms with Crippen molar-refractivity contribution in [2.45, 2.75) is 37.6 Å². The van der Waals surface area contributed by atoms with Gasteiger partial charge < -0.3 is 10.4 Å². The van der Waals surface area contributed by atoms with Gasteiger partial charge in [-0.1, -0.05) is 0 Å². The second-order valence-electron chi connectivity index (χ2n) is 5.72. The van der Waals surface area contributed by atoms with Gasteiger partial charge in [0.05, 0.1) is 18.4 Å². The van der Waals surface area contributed by atoms with Crippen molar-refractivity contribution in [3.63, 3.8) is 0 Å². The molecule has 0 aromatic rings.